The molecule has 1 aromatic heterocycles. The molecule has 1 aliphatic carbocycles. The highest BCUT2D eigenvalue weighted by Gasteiger charge is 2.42. The zero-order chi connectivity index (χ0) is 14.1. The van der Waals surface area contributed by atoms with Crippen molar-refractivity contribution in [3.8, 4) is 0 Å². The van der Waals surface area contributed by atoms with Gasteiger partial charge in [0.1, 0.15) is 0 Å². The number of amides is 1. The zero-order valence-corrected chi connectivity index (χ0v) is 11.9. The normalized spacial score (nSPS) is 24.7. The van der Waals surface area contributed by atoms with E-state index in [2.05, 4.69) is 10.4 Å². The predicted molar refractivity (Wildman–Crippen MR) is 72.2 cm³/mol. The molecule has 1 heterocycles. The van der Waals surface area contributed by atoms with Gasteiger partial charge >= 0.3 is 0 Å². The van der Waals surface area contributed by atoms with E-state index in [0.717, 1.165) is 0 Å². The van der Waals surface area contributed by atoms with E-state index >= 15 is 0 Å². The summed E-state index contributed by atoms with van der Waals surface area (Å²) < 4.78 is 1.69. The van der Waals surface area contributed by atoms with Crippen molar-refractivity contribution in [2.75, 3.05) is 0 Å². The van der Waals surface area contributed by atoms with E-state index in [1.807, 2.05) is 27.7 Å². The molecule has 0 bridgehead atoms. The van der Waals surface area contributed by atoms with Crippen LogP contribution in [0.1, 0.15) is 47.1 Å². The third kappa shape index (κ3) is 4.14. The van der Waals surface area contributed by atoms with Gasteiger partial charge in [-0.15, -0.1) is 0 Å². The van der Waals surface area contributed by atoms with E-state index in [1.165, 1.54) is 6.92 Å². The lowest BCUT2D eigenvalue weighted by molar-refractivity contribution is -0.122. The summed E-state index contributed by atoms with van der Waals surface area (Å²) in [6.45, 7) is 9.48. The Bertz CT molecular complexity index is 325. The second kappa shape index (κ2) is 8.69. The van der Waals surface area contributed by atoms with E-state index in [1.54, 1.807) is 23.1 Å². The Balaban J connectivity index is 0.000000659. The molecular formula is C13H25N3O2. The SMILES string of the molecule is CC.CC.CC(=O)N[C@@H]1C[C@H](O)[C@H]1n1cccn1. The van der Waals surface area contributed by atoms with Crippen molar-refractivity contribution in [1.29, 1.82) is 0 Å². The van der Waals surface area contributed by atoms with Crippen molar-refractivity contribution >= 4 is 5.91 Å². The van der Waals surface area contributed by atoms with Crippen molar-refractivity contribution in [1.82, 2.24) is 15.1 Å². The molecule has 0 spiro atoms. The number of nitrogens with zero attached hydrogens (tertiary/aromatic N) is 2. The van der Waals surface area contributed by atoms with Gasteiger partial charge in [-0.05, 0) is 12.5 Å². The molecule has 2 N–H and O–H groups in total. The first-order valence-corrected chi connectivity index (χ1v) is 6.63. The number of carbonyl (C=O) groups excluding carboxylic acids is 1. The molecule has 1 amide bonds. The van der Waals surface area contributed by atoms with Crippen molar-refractivity contribution in [3.63, 3.8) is 0 Å². The Hall–Kier alpha value is -1.36. The fourth-order valence-electron chi connectivity index (χ4n) is 1.83. The van der Waals surface area contributed by atoms with E-state index in [-0.39, 0.29) is 18.0 Å². The van der Waals surface area contributed by atoms with Crippen LogP contribution in [0, 0.1) is 0 Å². The standard InChI is InChI=1S/C9H13N3O2.2C2H6/c1-6(13)11-7-5-8(14)9(7)12-4-2-3-10-12;2*1-2/h2-4,7-9,14H,5H2,1H3,(H,11,13);2*1-2H3/t7-,8+,9+;;/m1../s1. The van der Waals surface area contributed by atoms with E-state index in [4.69, 9.17) is 0 Å². The van der Waals surface area contributed by atoms with Gasteiger partial charge in [-0.25, -0.2) is 0 Å². The largest absolute Gasteiger partial charge is 0.391 e. The number of hydrogen-bond donors (Lipinski definition) is 2. The average molecular weight is 255 g/mol. The van der Waals surface area contributed by atoms with Gasteiger partial charge in [0.2, 0.25) is 5.91 Å². The highest BCUT2D eigenvalue weighted by Crippen LogP contribution is 2.31. The first-order chi connectivity index (χ1) is 8.68. The fourth-order valence-corrected chi connectivity index (χ4v) is 1.83. The van der Waals surface area contributed by atoms with Crippen molar-refractivity contribution in [2.45, 2.75) is 59.2 Å². The molecule has 0 aromatic carbocycles. The second-order valence-corrected chi connectivity index (χ2v) is 3.59. The Morgan fingerprint density at radius 2 is 2.00 bits per heavy atom. The summed E-state index contributed by atoms with van der Waals surface area (Å²) >= 11 is 0. The van der Waals surface area contributed by atoms with E-state index in [9.17, 15) is 9.90 Å². The molecule has 2 rings (SSSR count). The molecule has 18 heavy (non-hydrogen) atoms. The van der Waals surface area contributed by atoms with Crippen LogP contribution >= 0.6 is 0 Å². The maximum atomic E-state index is 10.8. The summed E-state index contributed by atoms with van der Waals surface area (Å²) in [5.41, 5.74) is 0. The van der Waals surface area contributed by atoms with Crippen LogP contribution in [-0.2, 0) is 4.79 Å². The summed E-state index contributed by atoms with van der Waals surface area (Å²) in [4.78, 5) is 10.8. The third-order valence-electron chi connectivity index (χ3n) is 2.52. The maximum absolute atomic E-state index is 10.8. The average Bonchev–Trinajstić information content (AvgIpc) is 2.86. The van der Waals surface area contributed by atoms with Crippen LogP contribution in [0.15, 0.2) is 18.5 Å². The van der Waals surface area contributed by atoms with Gasteiger partial charge in [-0.3, -0.25) is 9.48 Å². The fraction of sp³-hybridized carbons (Fsp3) is 0.692. The molecule has 5 nitrogen and oxygen atoms in total. The number of aromatic nitrogens is 2. The number of rotatable bonds is 2. The molecule has 0 unspecified atom stereocenters. The summed E-state index contributed by atoms with van der Waals surface area (Å²) in [6.07, 6.45) is 3.65. The minimum absolute atomic E-state index is 0.00222. The summed E-state index contributed by atoms with van der Waals surface area (Å²) in [6, 6.07) is 1.69. The molecule has 0 radical (unpaired) electrons. The van der Waals surface area contributed by atoms with Gasteiger partial charge in [-0.2, -0.15) is 5.10 Å². The zero-order valence-electron chi connectivity index (χ0n) is 11.9. The number of aliphatic hydroxyl groups excluding tert-OH is 1. The second-order valence-electron chi connectivity index (χ2n) is 3.59. The summed E-state index contributed by atoms with van der Waals surface area (Å²) in [5, 5.41) is 16.4. The minimum Gasteiger partial charge on any atom is -0.391 e. The lowest BCUT2D eigenvalue weighted by Gasteiger charge is -2.41. The highest BCUT2D eigenvalue weighted by molar-refractivity contribution is 5.73. The topological polar surface area (TPSA) is 67.2 Å². The van der Waals surface area contributed by atoms with Crippen LogP contribution in [0.2, 0.25) is 0 Å². The predicted octanol–water partition coefficient (Wildman–Crippen LogP) is 1.75. The summed E-state index contributed by atoms with van der Waals surface area (Å²) in [7, 11) is 0. The van der Waals surface area contributed by atoms with Crippen LogP contribution in [0.25, 0.3) is 0 Å². The van der Waals surface area contributed by atoms with Gasteiger partial charge in [0.25, 0.3) is 0 Å². The molecule has 1 saturated carbocycles. The molecule has 3 atom stereocenters. The smallest absolute Gasteiger partial charge is 0.217 e. The maximum Gasteiger partial charge on any atom is 0.217 e. The lowest BCUT2D eigenvalue weighted by Crippen LogP contribution is -2.55. The van der Waals surface area contributed by atoms with Crippen molar-refractivity contribution < 1.29 is 9.90 Å². The van der Waals surface area contributed by atoms with Gasteiger partial charge in [0, 0.05) is 19.3 Å². The number of nitrogens with one attached hydrogen (secondary N) is 1. The van der Waals surface area contributed by atoms with Crippen LogP contribution in [0.3, 0.4) is 0 Å². The highest BCUT2D eigenvalue weighted by atomic mass is 16.3. The van der Waals surface area contributed by atoms with E-state index in [0.29, 0.717) is 6.42 Å². The number of aliphatic hydroxyl groups is 1. The monoisotopic (exact) mass is 255 g/mol. The number of carbonyl (C=O) groups is 1. The van der Waals surface area contributed by atoms with Gasteiger partial charge < -0.3 is 10.4 Å². The van der Waals surface area contributed by atoms with Crippen LogP contribution < -0.4 is 5.32 Å². The molecule has 5 heteroatoms. The molecule has 1 aromatic rings. The minimum atomic E-state index is -0.410. The molecule has 0 saturated heterocycles. The van der Waals surface area contributed by atoms with Crippen LogP contribution in [0.4, 0.5) is 0 Å². The first kappa shape index (κ1) is 16.6. The van der Waals surface area contributed by atoms with Gasteiger partial charge in [-0.1, -0.05) is 27.7 Å². The first-order valence-electron chi connectivity index (χ1n) is 6.63. The third-order valence-corrected chi connectivity index (χ3v) is 2.52. The lowest BCUT2D eigenvalue weighted by atomic mass is 9.83. The summed E-state index contributed by atoms with van der Waals surface area (Å²) in [5.74, 6) is -0.0703. The van der Waals surface area contributed by atoms with Gasteiger partial charge in [0.15, 0.2) is 0 Å². The van der Waals surface area contributed by atoms with Crippen LogP contribution in [0.5, 0.6) is 0 Å². The van der Waals surface area contributed by atoms with E-state index < -0.39 is 6.10 Å². The van der Waals surface area contributed by atoms with Crippen molar-refractivity contribution in [3.05, 3.63) is 18.5 Å². The van der Waals surface area contributed by atoms with Crippen LogP contribution in [-0.4, -0.2) is 32.9 Å². The molecule has 1 fully saturated rings. The van der Waals surface area contributed by atoms with Crippen molar-refractivity contribution in [2.24, 2.45) is 0 Å². The molecule has 1 aliphatic rings. The Kier molecular flexibility index (Phi) is 8.03. The molecular weight excluding hydrogens is 230 g/mol. The quantitative estimate of drug-likeness (QED) is 0.846. The Morgan fingerprint density at radius 1 is 1.39 bits per heavy atom. The van der Waals surface area contributed by atoms with Gasteiger partial charge in [0.05, 0.1) is 18.2 Å². The Labute approximate surface area is 109 Å². The molecule has 104 valence electrons. The molecule has 0 aliphatic heterocycles. The number of hydrogen-bond acceptors (Lipinski definition) is 3. The Morgan fingerprint density at radius 3 is 2.39 bits per heavy atom.